The zero-order valence-corrected chi connectivity index (χ0v) is 13.2. The number of benzene rings is 1. The zero-order chi connectivity index (χ0) is 15.9. The highest BCUT2D eigenvalue weighted by Crippen LogP contribution is 2.31. The van der Waals surface area contributed by atoms with Gasteiger partial charge < -0.3 is 14.4 Å². The maximum atomic E-state index is 12.4. The van der Waals surface area contributed by atoms with Gasteiger partial charge in [0.2, 0.25) is 5.91 Å². The van der Waals surface area contributed by atoms with Crippen molar-refractivity contribution in [2.24, 2.45) is 5.41 Å². The molecule has 0 fully saturated rings. The molecule has 1 aliphatic rings. The van der Waals surface area contributed by atoms with E-state index in [1.165, 1.54) is 0 Å². The molecule has 2 heterocycles. The lowest BCUT2D eigenvalue weighted by molar-refractivity contribution is -0.140. The van der Waals surface area contributed by atoms with Crippen LogP contribution in [0, 0.1) is 5.41 Å². The van der Waals surface area contributed by atoms with Crippen LogP contribution in [-0.4, -0.2) is 15.9 Å². The number of hydrogen-bond acceptors (Lipinski definition) is 3. The average molecular weight is 299 g/mol. The Kier molecular flexibility index (Phi) is 3.57. The molecule has 116 valence electrons. The summed E-state index contributed by atoms with van der Waals surface area (Å²) < 4.78 is 5.26. The van der Waals surface area contributed by atoms with E-state index in [1.54, 1.807) is 18.4 Å². The summed E-state index contributed by atoms with van der Waals surface area (Å²) in [6.07, 6.45) is 0.781. The van der Waals surface area contributed by atoms with Gasteiger partial charge in [-0.1, -0.05) is 39.0 Å². The Balaban J connectivity index is 1.82. The van der Waals surface area contributed by atoms with Crippen LogP contribution in [0.1, 0.15) is 49.3 Å². The van der Waals surface area contributed by atoms with Crippen molar-refractivity contribution in [1.82, 2.24) is 4.90 Å². The fraction of sp³-hybridized carbons (Fsp3) is 0.389. The minimum Gasteiger partial charge on any atom is -0.466 e. The largest absolute Gasteiger partial charge is 0.466 e. The fourth-order valence-electron chi connectivity index (χ4n) is 2.81. The van der Waals surface area contributed by atoms with Crippen LogP contribution in [0.15, 0.2) is 41.0 Å². The smallest absolute Gasteiger partial charge is 0.228 e. The number of carbonyl (C=O) groups excluding carboxylic acids is 1. The molecule has 2 aromatic rings. The maximum absolute atomic E-state index is 12.4. The Morgan fingerprint density at radius 1 is 1.23 bits per heavy atom. The summed E-state index contributed by atoms with van der Waals surface area (Å²) >= 11 is 0. The highest BCUT2D eigenvalue weighted by molar-refractivity contribution is 5.82. The molecule has 0 radical (unpaired) electrons. The van der Waals surface area contributed by atoms with E-state index in [0.29, 0.717) is 18.8 Å². The molecule has 1 amide bonds. The third kappa shape index (κ3) is 2.66. The Bertz CT molecular complexity index is 683. The van der Waals surface area contributed by atoms with Crippen LogP contribution < -0.4 is 0 Å². The van der Waals surface area contributed by atoms with Gasteiger partial charge in [-0.15, -0.1) is 0 Å². The van der Waals surface area contributed by atoms with E-state index in [4.69, 9.17) is 4.42 Å². The second kappa shape index (κ2) is 5.29. The Hall–Kier alpha value is -2.07. The Morgan fingerprint density at radius 3 is 2.59 bits per heavy atom. The van der Waals surface area contributed by atoms with E-state index in [-0.39, 0.29) is 11.3 Å². The zero-order valence-electron chi connectivity index (χ0n) is 13.2. The van der Waals surface area contributed by atoms with Crippen molar-refractivity contribution in [3.8, 4) is 0 Å². The van der Waals surface area contributed by atoms with Gasteiger partial charge in [0.25, 0.3) is 0 Å². The topological polar surface area (TPSA) is 53.7 Å². The summed E-state index contributed by atoms with van der Waals surface area (Å²) in [6, 6.07) is 9.38. The Labute approximate surface area is 130 Å². The van der Waals surface area contributed by atoms with Gasteiger partial charge in [-0.05, 0) is 28.8 Å². The van der Waals surface area contributed by atoms with Gasteiger partial charge in [0.05, 0.1) is 6.26 Å². The number of nitrogens with zero attached hydrogens (tertiary/aromatic N) is 1. The van der Waals surface area contributed by atoms with Crippen molar-refractivity contribution >= 4 is 5.91 Å². The van der Waals surface area contributed by atoms with Crippen LogP contribution in [-0.2, 0) is 17.9 Å². The first-order chi connectivity index (χ1) is 10.4. The quantitative estimate of drug-likeness (QED) is 0.926. The van der Waals surface area contributed by atoms with Gasteiger partial charge in [-0.3, -0.25) is 4.79 Å². The molecule has 1 N–H and O–H groups in total. The van der Waals surface area contributed by atoms with Crippen molar-refractivity contribution in [1.29, 1.82) is 0 Å². The van der Waals surface area contributed by atoms with Crippen molar-refractivity contribution in [2.75, 3.05) is 0 Å². The molecule has 1 atom stereocenters. The van der Waals surface area contributed by atoms with Gasteiger partial charge in [-0.2, -0.15) is 0 Å². The van der Waals surface area contributed by atoms with Crippen molar-refractivity contribution in [2.45, 2.75) is 40.0 Å². The summed E-state index contributed by atoms with van der Waals surface area (Å²) in [6.45, 7) is 7.05. The fourth-order valence-corrected chi connectivity index (χ4v) is 2.81. The molecular weight excluding hydrogens is 278 g/mol. The molecule has 0 aliphatic carbocycles. The van der Waals surface area contributed by atoms with Crippen molar-refractivity contribution < 1.29 is 14.3 Å². The van der Waals surface area contributed by atoms with Gasteiger partial charge >= 0.3 is 0 Å². The lowest BCUT2D eigenvalue weighted by Crippen LogP contribution is -2.35. The predicted molar refractivity (Wildman–Crippen MR) is 82.9 cm³/mol. The SMILES string of the molecule is CC(C)(C)C(=O)N1Cc2ccc(C(O)c3ccco3)cc2C1. The highest BCUT2D eigenvalue weighted by Gasteiger charge is 2.31. The number of hydrogen-bond donors (Lipinski definition) is 1. The van der Waals surface area contributed by atoms with E-state index in [1.807, 2.05) is 43.9 Å². The lowest BCUT2D eigenvalue weighted by atomic mass is 9.95. The Morgan fingerprint density at radius 2 is 1.95 bits per heavy atom. The molecule has 4 heteroatoms. The van der Waals surface area contributed by atoms with E-state index in [9.17, 15) is 9.90 Å². The highest BCUT2D eigenvalue weighted by atomic mass is 16.4. The van der Waals surface area contributed by atoms with E-state index in [0.717, 1.165) is 16.7 Å². The molecular formula is C18H21NO3. The standard InChI is InChI=1S/C18H21NO3/c1-18(2,3)17(21)19-10-13-7-6-12(9-14(13)11-19)16(20)15-5-4-8-22-15/h4-9,16,20H,10-11H2,1-3H3. The van der Waals surface area contributed by atoms with Gasteiger partial charge in [-0.25, -0.2) is 0 Å². The van der Waals surface area contributed by atoms with Crippen LogP contribution in [0.25, 0.3) is 0 Å². The van der Waals surface area contributed by atoms with Crippen molar-refractivity contribution in [3.63, 3.8) is 0 Å². The number of rotatable bonds is 2. The molecule has 3 rings (SSSR count). The third-order valence-corrected chi connectivity index (χ3v) is 4.01. The van der Waals surface area contributed by atoms with Gasteiger partial charge in [0.15, 0.2) is 0 Å². The van der Waals surface area contributed by atoms with E-state index < -0.39 is 6.10 Å². The monoisotopic (exact) mass is 299 g/mol. The van der Waals surface area contributed by atoms with Crippen LogP contribution >= 0.6 is 0 Å². The molecule has 1 aromatic heterocycles. The molecule has 0 saturated carbocycles. The number of aliphatic hydroxyl groups excluding tert-OH is 1. The van der Waals surface area contributed by atoms with Crippen LogP contribution in [0.5, 0.6) is 0 Å². The van der Waals surface area contributed by atoms with E-state index in [2.05, 4.69) is 0 Å². The second-order valence-electron chi connectivity index (χ2n) is 6.86. The molecule has 0 bridgehead atoms. The lowest BCUT2D eigenvalue weighted by Gasteiger charge is -2.25. The number of carbonyl (C=O) groups is 1. The van der Waals surface area contributed by atoms with Crippen LogP contribution in [0.2, 0.25) is 0 Å². The van der Waals surface area contributed by atoms with Crippen LogP contribution in [0.4, 0.5) is 0 Å². The van der Waals surface area contributed by atoms with Crippen LogP contribution in [0.3, 0.4) is 0 Å². The number of amides is 1. The normalized spacial score (nSPS) is 15.7. The molecule has 4 nitrogen and oxygen atoms in total. The predicted octanol–water partition coefficient (Wildman–Crippen LogP) is 3.25. The third-order valence-electron chi connectivity index (χ3n) is 4.01. The van der Waals surface area contributed by atoms with E-state index >= 15 is 0 Å². The molecule has 0 spiro atoms. The minimum absolute atomic E-state index is 0.150. The molecule has 0 saturated heterocycles. The summed E-state index contributed by atoms with van der Waals surface area (Å²) in [4.78, 5) is 14.3. The average Bonchev–Trinajstić information content (AvgIpc) is 3.12. The maximum Gasteiger partial charge on any atom is 0.228 e. The van der Waals surface area contributed by atoms with Gasteiger partial charge in [0, 0.05) is 18.5 Å². The van der Waals surface area contributed by atoms with Gasteiger partial charge in [0.1, 0.15) is 11.9 Å². The van der Waals surface area contributed by atoms with Crippen molar-refractivity contribution in [3.05, 3.63) is 59.0 Å². The number of furan rings is 1. The first-order valence-corrected chi connectivity index (χ1v) is 7.49. The summed E-state index contributed by atoms with van der Waals surface area (Å²) in [5, 5.41) is 10.3. The molecule has 22 heavy (non-hydrogen) atoms. The number of fused-ring (bicyclic) bond motifs is 1. The second-order valence-corrected chi connectivity index (χ2v) is 6.86. The summed E-state index contributed by atoms with van der Waals surface area (Å²) in [5.41, 5.74) is 2.66. The molecule has 1 aliphatic heterocycles. The summed E-state index contributed by atoms with van der Waals surface area (Å²) in [7, 11) is 0. The first-order valence-electron chi connectivity index (χ1n) is 7.49. The molecule has 1 aromatic carbocycles. The molecule has 1 unspecified atom stereocenters. The summed E-state index contributed by atoms with van der Waals surface area (Å²) in [5.74, 6) is 0.678. The first kappa shape index (κ1) is 14.9. The number of aliphatic hydroxyl groups is 1. The minimum atomic E-state index is -0.771.